The molecule has 0 spiro atoms. The zero-order valence-electron chi connectivity index (χ0n) is 16.6. The molecule has 2 aromatic heterocycles. The number of ether oxygens (including phenoxy) is 3. The van der Waals surface area contributed by atoms with E-state index >= 15 is 0 Å². The molecule has 0 aliphatic carbocycles. The quantitative estimate of drug-likeness (QED) is 0.550. The van der Waals surface area contributed by atoms with Crippen LogP contribution < -0.4 is 19.5 Å². The number of amides is 2. The van der Waals surface area contributed by atoms with Crippen molar-refractivity contribution < 1.29 is 23.4 Å². The van der Waals surface area contributed by atoms with Gasteiger partial charge in [0.2, 0.25) is 5.75 Å². The molecule has 0 fully saturated rings. The van der Waals surface area contributed by atoms with Crippen molar-refractivity contribution in [2.24, 2.45) is 0 Å². The molecule has 8 heteroatoms. The van der Waals surface area contributed by atoms with Gasteiger partial charge in [-0.2, -0.15) is 0 Å². The van der Waals surface area contributed by atoms with Crippen molar-refractivity contribution in [1.29, 1.82) is 0 Å². The van der Waals surface area contributed by atoms with Crippen molar-refractivity contribution in [2.45, 2.75) is 13.0 Å². The highest BCUT2D eigenvalue weighted by molar-refractivity contribution is 7.09. The fourth-order valence-corrected chi connectivity index (χ4v) is 3.60. The highest BCUT2D eigenvalue weighted by Crippen LogP contribution is 2.40. The van der Waals surface area contributed by atoms with E-state index in [-0.39, 0.29) is 6.03 Å². The van der Waals surface area contributed by atoms with Crippen LogP contribution in [0.15, 0.2) is 52.5 Å². The summed E-state index contributed by atoms with van der Waals surface area (Å²) < 4.78 is 21.5. The van der Waals surface area contributed by atoms with Gasteiger partial charge in [-0.1, -0.05) is 6.07 Å². The molecule has 3 rings (SSSR count). The van der Waals surface area contributed by atoms with Gasteiger partial charge in [0.05, 0.1) is 39.8 Å². The maximum atomic E-state index is 13.0. The van der Waals surface area contributed by atoms with Gasteiger partial charge in [0.25, 0.3) is 0 Å². The Hall–Kier alpha value is -3.13. The number of carbonyl (C=O) groups excluding carboxylic acids is 1. The van der Waals surface area contributed by atoms with Gasteiger partial charge < -0.3 is 28.8 Å². The van der Waals surface area contributed by atoms with E-state index in [1.54, 1.807) is 34.6 Å². The molecule has 0 radical (unpaired) electrons. The van der Waals surface area contributed by atoms with Crippen molar-refractivity contribution in [1.82, 2.24) is 4.90 Å². The number of hydrogen-bond donors (Lipinski definition) is 1. The lowest BCUT2D eigenvalue weighted by Gasteiger charge is -2.22. The number of carbonyl (C=O) groups is 1. The molecule has 0 saturated heterocycles. The van der Waals surface area contributed by atoms with E-state index in [9.17, 15) is 4.79 Å². The zero-order valence-corrected chi connectivity index (χ0v) is 17.5. The first-order valence-electron chi connectivity index (χ1n) is 9.05. The number of urea groups is 1. The summed E-state index contributed by atoms with van der Waals surface area (Å²) in [6.45, 7) is 0.923. The van der Waals surface area contributed by atoms with Crippen molar-refractivity contribution in [3.05, 3.63) is 58.7 Å². The Labute approximate surface area is 173 Å². The summed E-state index contributed by atoms with van der Waals surface area (Å²) in [4.78, 5) is 15.9. The molecule has 0 unspecified atom stereocenters. The first-order valence-corrected chi connectivity index (χ1v) is 9.93. The normalized spacial score (nSPS) is 10.4. The maximum Gasteiger partial charge on any atom is 0.322 e. The van der Waals surface area contributed by atoms with Gasteiger partial charge in [0, 0.05) is 23.6 Å². The molecule has 0 aliphatic heterocycles. The van der Waals surface area contributed by atoms with E-state index < -0.39 is 0 Å². The molecule has 2 heterocycles. The SMILES string of the molecule is COc1cc(NC(=O)N(CCc2cccs2)Cc2ccco2)cc(OC)c1OC. The number of anilines is 1. The van der Waals surface area contributed by atoms with E-state index in [0.717, 1.165) is 12.2 Å². The first-order chi connectivity index (χ1) is 14.1. The predicted octanol–water partition coefficient (Wildman–Crippen LogP) is 4.64. The van der Waals surface area contributed by atoms with Crippen LogP contribution in [0.3, 0.4) is 0 Å². The molecule has 2 amide bonds. The summed E-state index contributed by atoms with van der Waals surface area (Å²) in [5, 5.41) is 4.95. The molecule has 1 N–H and O–H groups in total. The number of methoxy groups -OCH3 is 3. The standard InChI is InChI=1S/C21H24N2O5S/c1-25-18-12-15(13-19(26-2)20(18)27-3)22-21(24)23(14-16-6-4-10-28-16)9-8-17-7-5-11-29-17/h4-7,10-13H,8-9,14H2,1-3H3,(H,22,24). The minimum Gasteiger partial charge on any atom is -0.493 e. The predicted molar refractivity (Wildman–Crippen MR) is 112 cm³/mol. The van der Waals surface area contributed by atoms with E-state index in [4.69, 9.17) is 18.6 Å². The van der Waals surface area contributed by atoms with Crippen molar-refractivity contribution >= 4 is 23.1 Å². The number of furan rings is 1. The number of hydrogen-bond acceptors (Lipinski definition) is 6. The fraction of sp³-hybridized carbons (Fsp3) is 0.286. The van der Waals surface area contributed by atoms with Crippen molar-refractivity contribution in [3.63, 3.8) is 0 Å². The van der Waals surface area contributed by atoms with Crippen LogP contribution in [0.25, 0.3) is 0 Å². The van der Waals surface area contributed by atoms with E-state index in [1.807, 2.05) is 23.6 Å². The second-order valence-electron chi connectivity index (χ2n) is 6.17. The number of nitrogens with zero attached hydrogens (tertiary/aromatic N) is 1. The maximum absolute atomic E-state index is 13.0. The van der Waals surface area contributed by atoms with Crippen LogP contribution in [-0.2, 0) is 13.0 Å². The molecular formula is C21H24N2O5S. The first kappa shape index (κ1) is 20.6. The number of nitrogens with one attached hydrogen (secondary N) is 1. The van der Waals surface area contributed by atoms with Gasteiger partial charge >= 0.3 is 6.03 Å². The molecule has 0 atom stereocenters. The Morgan fingerprint density at radius 3 is 2.41 bits per heavy atom. The third-order valence-corrected chi connectivity index (χ3v) is 5.27. The van der Waals surface area contributed by atoms with Crippen LogP contribution in [0.4, 0.5) is 10.5 Å². The Kier molecular flexibility index (Phi) is 7.02. The van der Waals surface area contributed by atoms with Gasteiger partial charge in [-0.15, -0.1) is 11.3 Å². The van der Waals surface area contributed by atoms with Crippen LogP contribution >= 0.6 is 11.3 Å². The summed E-state index contributed by atoms with van der Waals surface area (Å²) in [6.07, 6.45) is 2.37. The smallest absolute Gasteiger partial charge is 0.322 e. The molecule has 1 aromatic carbocycles. The third-order valence-electron chi connectivity index (χ3n) is 4.34. The number of benzene rings is 1. The molecule has 29 heavy (non-hydrogen) atoms. The van der Waals surface area contributed by atoms with Gasteiger partial charge in [0.15, 0.2) is 11.5 Å². The summed E-state index contributed by atoms with van der Waals surface area (Å²) in [6, 6.07) is 10.9. The Morgan fingerprint density at radius 1 is 1.10 bits per heavy atom. The molecule has 0 saturated carbocycles. The van der Waals surface area contributed by atoms with Gasteiger partial charge in [0.1, 0.15) is 5.76 Å². The number of rotatable bonds is 9. The minimum absolute atomic E-state index is 0.243. The topological polar surface area (TPSA) is 73.2 Å². The summed E-state index contributed by atoms with van der Waals surface area (Å²) in [7, 11) is 4.61. The second-order valence-corrected chi connectivity index (χ2v) is 7.21. The average Bonchev–Trinajstić information content (AvgIpc) is 3.44. The van der Waals surface area contributed by atoms with Crippen LogP contribution in [0, 0.1) is 0 Å². The average molecular weight is 416 g/mol. The van der Waals surface area contributed by atoms with E-state index in [2.05, 4.69) is 11.4 Å². The van der Waals surface area contributed by atoms with Crippen LogP contribution in [0.2, 0.25) is 0 Å². The summed E-state index contributed by atoms with van der Waals surface area (Å²) >= 11 is 1.67. The van der Waals surface area contributed by atoms with Crippen molar-refractivity contribution in [3.8, 4) is 17.2 Å². The Bertz CT molecular complexity index is 884. The van der Waals surface area contributed by atoms with Gasteiger partial charge in [-0.25, -0.2) is 4.79 Å². The lowest BCUT2D eigenvalue weighted by molar-refractivity contribution is 0.205. The Morgan fingerprint density at radius 2 is 1.86 bits per heavy atom. The molecule has 0 bridgehead atoms. The van der Waals surface area contributed by atoms with Crippen LogP contribution in [-0.4, -0.2) is 38.8 Å². The zero-order chi connectivity index (χ0) is 20.6. The van der Waals surface area contributed by atoms with E-state index in [0.29, 0.717) is 36.0 Å². The third kappa shape index (κ3) is 5.23. The van der Waals surface area contributed by atoms with Crippen molar-refractivity contribution in [2.75, 3.05) is 33.2 Å². The molecule has 3 aromatic rings. The monoisotopic (exact) mass is 416 g/mol. The molecule has 154 valence electrons. The fourth-order valence-electron chi connectivity index (χ4n) is 2.90. The molecule has 0 aliphatic rings. The lowest BCUT2D eigenvalue weighted by atomic mass is 10.2. The largest absolute Gasteiger partial charge is 0.493 e. The minimum atomic E-state index is -0.243. The summed E-state index contributed by atoms with van der Waals surface area (Å²) in [5.41, 5.74) is 0.546. The molecule has 7 nitrogen and oxygen atoms in total. The molecular weight excluding hydrogens is 392 g/mol. The van der Waals surface area contributed by atoms with E-state index in [1.165, 1.54) is 26.2 Å². The lowest BCUT2D eigenvalue weighted by Crippen LogP contribution is -2.35. The highest BCUT2D eigenvalue weighted by atomic mass is 32.1. The van der Waals surface area contributed by atoms with Crippen LogP contribution in [0.5, 0.6) is 17.2 Å². The van der Waals surface area contributed by atoms with Gasteiger partial charge in [-0.05, 0) is 30.0 Å². The highest BCUT2D eigenvalue weighted by Gasteiger charge is 2.19. The number of thiophene rings is 1. The van der Waals surface area contributed by atoms with Crippen LogP contribution in [0.1, 0.15) is 10.6 Å². The second kappa shape index (κ2) is 9.88. The summed E-state index contributed by atoms with van der Waals surface area (Å²) in [5.74, 6) is 2.13. The Balaban J connectivity index is 1.77. The van der Waals surface area contributed by atoms with Gasteiger partial charge in [-0.3, -0.25) is 0 Å².